The summed E-state index contributed by atoms with van der Waals surface area (Å²) >= 11 is 1.32. The summed E-state index contributed by atoms with van der Waals surface area (Å²) in [5.41, 5.74) is 8.42. The van der Waals surface area contributed by atoms with Gasteiger partial charge >= 0.3 is 0 Å². The molecule has 2 aromatic heterocycles. The van der Waals surface area contributed by atoms with Crippen LogP contribution >= 0.6 is 11.3 Å². The molecule has 8 nitrogen and oxygen atoms in total. The summed E-state index contributed by atoms with van der Waals surface area (Å²) in [6, 6.07) is 12.5. The average molecular weight is 407 g/mol. The van der Waals surface area contributed by atoms with E-state index in [-0.39, 0.29) is 12.5 Å². The number of anilines is 1. The normalized spacial score (nSPS) is 10.8. The molecule has 0 unspecified atom stereocenters. The number of ether oxygens (including phenoxy) is 1. The zero-order chi connectivity index (χ0) is 20.4. The van der Waals surface area contributed by atoms with Crippen LogP contribution in [0.1, 0.15) is 10.4 Å². The zero-order valence-corrected chi connectivity index (χ0v) is 16.3. The number of nitrogens with zero attached hydrogens (tertiary/aromatic N) is 3. The molecule has 0 saturated heterocycles. The lowest BCUT2D eigenvalue weighted by Gasteiger charge is -2.18. The number of aromatic nitrogens is 3. The molecule has 0 atom stereocenters. The van der Waals surface area contributed by atoms with Crippen molar-refractivity contribution in [2.45, 2.75) is 0 Å². The number of primary amides is 1. The molecule has 0 aliphatic rings. The minimum atomic E-state index is -0.625. The third kappa shape index (κ3) is 3.81. The second kappa shape index (κ2) is 7.72. The van der Waals surface area contributed by atoms with Crippen molar-refractivity contribution >= 4 is 38.5 Å². The van der Waals surface area contributed by atoms with Gasteiger partial charge in [-0.05, 0) is 35.9 Å². The van der Waals surface area contributed by atoms with Crippen molar-refractivity contribution in [1.29, 1.82) is 0 Å². The molecule has 4 aromatic rings. The number of benzene rings is 2. The Balaban J connectivity index is 1.73. The van der Waals surface area contributed by atoms with Crippen molar-refractivity contribution in [3.05, 3.63) is 60.4 Å². The molecule has 0 saturated carbocycles. The minimum Gasteiger partial charge on any atom is -0.497 e. The SMILES string of the molecule is COc1cccc(C(=O)N(CC(N)=O)c2nc3ccc(-c4cn[nH]c4)cc3s2)c1. The summed E-state index contributed by atoms with van der Waals surface area (Å²) in [5.74, 6) is -0.458. The van der Waals surface area contributed by atoms with Crippen molar-refractivity contribution in [2.75, 3.05) is 18.6 Å². The number of nitrogens with two attached hydrogens (primary N) is 1. The standard InChI is InChI=1S/C20H17N5O3S/c1-28-15-4-2-3-13(7-15)19(27)25(11-18(21)26)20-24-16-6-5-12(8-17(16)29-20)14-9-22-23-10-14/h2-10H,11H2,1H3,(H2,21,26)(H,22,23). The van der Waals surface area contributed by atoms with Gasteiger partial charge in [-0.25, -0.2) is 4.98 Å². The Hall–Kier alpha value is -3.72. The number of nitrogens with one attached hydrogen (secondary N) is 1. The van der Waals surface area contributed by atoms with Crippen molar-refractivity contribution in [3.63, 3.8) is 0 Å². The summed E-state index contributed by atoms with van der Waals surface area (Å²) in [4.78, 5) is 30.6. The van der Waals surface area contributed by atoms with Crippen molar-refractivity contribution in [3.8, 4) is 16.9 Å². The molecule has 9 heteroatoms. The fraction of sp³-hybridized carbons (Fsp3) is 0.100. The maximum absolute atomic E-state index is 13.1. The number of hydrogen-bond donors (Lipinski definition) is 2. The Kier molecular flexibility index (Phi) is 4.96. The number of rotatable bonds is 6. The first kappa shape index (κ1) is 18.6. The van der Waals surface area contributed by atoms with E-state index in [1.165, 1.54) is 23.3 Å². The lowest BCUT2D eigenvalue weighted by molar-refractivity contribution is -0.116. The fourth-order valence-corrected chi connectivity index (χ4v) is 3.91. The second-order valence-electron chi connectivity index (χ2n) is 6.26. The molecule has 0 aliphatic heterocycles. The number of aromatic amines is 1. The van der Waals surface area contributed by atoms with Crippen LogP contribution in [-0.2, 0) is 4.79 Å². The van der Waals surface area contributed by atoms with Gasteiger partial charge in [-0.1, -0.05) is 23.5 Å². The summed E-state index contributed by atoms with van der Waals surface area (Å²) in [5, 5.41) is 7.15. The lowest BCUT2D eigenvalue weighted by atomic mass is 10.1. The number of fused-ring (bicyclic) bond motifs is 1. The molecule has 3 N–H and O–H groups in total. The quantitative estimate of drug-likeness (QED) is 0.510. The van der Waals surface area contributed by atoms with Crippen LogP contribution in [0.2, 0.25) is 0 Å². The second-order valence-corrected chi connectivity index (χ2v) is 7.26. The van der Waals surface area contributed by atoms with Crippen LogP contribution in [-0.4, -0.2) is 40.7 Å². The highest BCUT2D eigenvalue weighted by molar-refractivity contribution is 7.22. The highest BCUT2D eigenvalue weighted by Gasteiger charge is 2.23. The molecular formula is C20H17N5O3S. The smallest absolute Gasteiger partial charge is 0.260 e. The van der Waals surface area contributed by atoms with Crippen molar-refractivity contribution < 1.29 is 14.3 Å². The maximum Gasteiger partial charge on any atom is 0.260 e. The van der Waals surface area contributed by atoms with Gasteiger partial charge in [0, 0.05) is 17.3 Å². The van der Waals surface area contributed by atoms with Crippen LogP contribution in [0.3, 0.4) is 0 Å². The van der Waals surface area contributed by atoms with Gasteiger partial charge in [-0.15, -0.1) is 0 Å². The van der Waals surface area contributed by atoms with Gasteiger partial charge in [-0.3, -0.25) is 19.6 Å². The van der Waals surface area contributed by atoms with Gasteiger partial charge in [0.1, 0.15) is 12.3 Å². The van der Waals surface area contributed by atoms with Crippen LogP contribution in [0.15, 0.2) is 54.9 Å². The van der Waals surface area contributed by atoms with E-state index in [0.29, 0.717) is 16.4 Å². The number of carbonyl (C=O) groups is 2. The molecule has 4 rings (SSSR count). The zero-order valence-electron chi connectivity index (χ0n) is 15.5. The van der Waals surface area contributed by atoms with Crippen molar-refractivity contribution in [2.24, 2.45) is 5.73 Å². The van der Waals surface area contributed by atoms with Gasteiger partial charge < -0.3 is 10.5 Å². The molecule has 0 spiro atoms. The Labute approximate surface area is 169 Å². The molecule has 0 bridgehead atoms. The van der Waals surface area contributed by atoms with Crippen LogP contribution in [0.25, 0.3) is 21.3 Å². The summed E-state index contributed by atoms with van der Waals surface area (Å²) < 4.78 is 6.07. The Bertz CT molecular complexity index is 1190. The van der Waals surface area contributed by atoms with Crippen LogP contribution in [0, 0.1) is 0 Å². The summed E-state index contributed by atoms with van der Waals surface area (Å²) in [6.07, 6.45) is 3.53. The summed E-state index contributed by atoms with van der Waals surface area (Å²) in [6.45, 7) is -0.273. The number of carbonyl (C=O) groups excluding carboxylic acids is 2. The van der Waals surface area contributed by atoms with Crippen LogP contribution < -0.4 is 15.4 Å². The first-order chi connectivity index (χ1) is 14.0. The number of amides is 2. The number of methoxy groups -OCH3 is 1. The summed E-state index contributed by atoms with van der Waals surface area (Å²) in [7, 11) is 1.52. The molecule has 0 aliphatic carbocycles. The number of H-pyrrole nitrogens is 1. The largest absolute Gasteiger partial charge is 0.497 e. The van der Waals surface area contributed by atoms with Gasteiger partial charge in [0.2, 0.25) is 5.91 Å². The molecule has 146 valence electrons. The van der Waals surface area contributed by atoms with Crippen LogP contribution in [0.4, 0.5) is 5.13 Å². The predicted molar refractivity (Wildman–Crippen MR) is 111 cm³/mol. The minimum absolute atomic E-state index is 0.273. The number of thiazole rings is 1. The van der Waals surface area contributed by atoms with E-state index in [1.807, 2.05) is 18.2 Å². The van der Waals surface area contributed by atoms with E-state index < -0.39 is 5.91 Å². The number of hydrogen-bond acceptors (Lipinski definition) is 6. The van der Waals surface area contributed by atoms with E-state index in [1.54, 1.807) is 36.7 Å². The lowest BCUT2D eigenvalue weighted by Crippen LogP contribution is -2.38. The molecule has 2 heterocycles. The van der Waals surface area contributed by atoms with Crippen molar-refractivity contribution in [1.82, 2.24) is 15.2 Å². The Morgan fingerprint density at radius 3 is 2.79 bits per heavy atom. The monoisotopic (exact) mass is 407 g/mol. The molecule has 29 heavy (non-hydrogen) atoms. The highest BCUT2D eigenvalue weighted by Crippen LogP contribution is 2.33. The molecule has 0 fully saturated rings. The molecule has 2 amide bonds. The van der Waals surface area contributed by atoms with Gasteiger partial charge in [0.15, 0.2) is 5.13 Å². The molecular weight excluding hydrogens is 390 g/mol. The Morgan fingerprint density at radius 2 is 2.07 bits per heavy atom. The highest BCUT2D eigenvalue weighted by atomic mass is 32.1. The van der Waals surface area contributed by atoms with Crippen LogP contribution in [0.5, 0.6) is 5.75 Å². The van der Waals surface area contributed by atoms with Gasteiger partial charge in [-0.2, -0.15) is 5.10 Å². The van der Waals surface area contributed by atoms with E-state index in [0.717, 1.165) is 21.3 Å². The maximum atomic E-state index is 13.1. The van der Waals surface area contributed by atoms with E-state index in [2.05, 4.69) is 15.2 Å². The fourth-order valence-electron chi connectivity index (χ4n) is 2.91. The van der Waals surface area contributed by atoms with E-state index in [9.17, 15) is 9.59 Å². The van der Waals surface area contributed by atoms with E-state index >= 15 is 0 Å². The molecule has 2 aromatic carbocycles. The average Bonchev–Trinajstić information content (AvgIpc) is 3.40. The first-order valence-electron chi connectivity index (χ1n) is 8.69. The van der Waals surface area contributed by atoms with Gasteiger partial charge in [0.05, 0.1) is 23.5 Å². The Morgan fingerprint density at radius 1 is 1.21 bits per heavy atom. The van der Waals surface area contributed by atoms with Gasteiger partial charge in [0.25, 0.3) is 5.91 Å². The topological polar surface area (TPSA) is 114 Å². The van der Waals surface area contributed by atoms with E-state index in [4.69, 9.17) is 10.5 Å². The third-order valence-electron chi connectivity index (χ3n) is 4.32. The third-order valence-corrected chi connectivity index (χ3v) is 5.36. The first-order valence-corrected chi connectivity index (χ1v) is 9.51. The predicted octanol–water partition coefficient (Wildman–Crippen LogP) is 2.83. The molecule has 0 radical (unpaired) electrons.